The van der Waals surface area contributed by atoms with Crippen molar-refractivity contribution >= 4 is 23.9 Å². The van der Waals surface area contributed by atoms with Gasteiger partial charge in [0.2, 0.25) is 0 Å². The maximum Gasteiger partial charge on any atom is 0.306 e. The van der Waals surface area contributed by atoms with E-state index in [9.17, 15) is 24.3 Å². The van der Waals surface area contributed by atoms with Crippen LogP contribution in [0.15, 0.2) is 0 Å². The largest absolute Gasteiger partial charge is 0.550 e. The molecule has 0 aromatic carbocycles. The summed E-state index contributed by atoms with van der Waals surface area (Å²) in [7, 11) is 0. The van der Waals surface area contributed by atoms with Crippen molar-refractivity contribution < 1.29 is 38.9 Å². The molecule has 0 spiro atoms. The van der Waals surface area contributed by atoms with E-state index in [1.807, 2.05) is 0 Å². The van der Waals surface area contributed by atoms with E-state index in [0.29, 0.717) is 25.7 Å². The molecule has 0 rings (SSSR count). The summed E-state index contributed by atoms with van der Waals surface area (Å²) in [5.41, 5.74) is 0. The summed E-state index contributed by atoms with van der Waals surface area (Å²) >= 11 is 0. The SMILES string of the molecule is CC(COC(=O)CCCCCCCCC(=O)O)OC(=O)CCCCCCCCC(=O)[O-]. The van der Waals surface area contributed by atoms with Crippen LogP contribution in [0.2, 0.25) is 0 Å². The molecule has 0 heterocycles. The molecule has 31 heavy (non-hydrogen) atoms. The second kappa shape index (κ2) is 19.8. The summed E-state index contributed by atoms with van der Waals surface area (Å²) < 4.78 is 10.4. The number of hydrogen-bond acceptors (Lipinski definition) is 7. The third-order valence-electron chi connectivity index (χ3n) is 4.85. The van der Waals surface area contributed by atoms with Gasteiger partial charge in [0, 0.05) is 25.2 Å². The molecule has 0 aromatic heterocycles. The van der Waals surface area contributed by atoms with E-state index in [2.05, 4.69) is 0 Å². The second-order valence-corrected chi connectivity index (χ2v) is 7.99. The molecule has 0 aromatic rings. The Balaban J connectivity index is 3.52. The number of unbranched alkanes of at least 4 members (excludes halogenated alkanes) is 10. The minimum Gasteiger partial charge on any atom is -0.550 e. The molecular weight excluding hydrogens is 404 g/mol. The maximum atomic E-state index is 11.8. The van der Waals surface area contributed by atoms with Gasteiger partial charge in [0.05, 0.1) is 0 Å². The fourth-order valence-electron chi connectivity index (χ4n) is 3.10. The van der Waals surface area contributed by atoms with Gasteiger partial charge in [-0.05, 0) is 39.0 Å². The second-order valence-electron chi connectivity index (χ2n) is 7.99. The third kappa shape index (κ3) is 22.4. The lowest BCUT2D eigenvalue weighted by atomic mass is 10.1. The molecule has 1 unspecified atom stereocenters. The number of ether oxygens (including phenoxy) is 2. The van der Waals surface area contributed by atoms with Crippen LogP contribution in [0.4, 0.5) is 0 Å². The summed E-state index contributed by atoms with van der Waals surface area (Å²) in [6, 6.07) is 0. The van der Waals surface area contributed by atoms with Gasteiger partial charge in [0.15, 0.2) is 0 Å². The van der Waals surface area contributed by atoms with E-state index < -0.39 is 18.0 Å². The van der Waals surface area contributed by atoms with E-state index in [4.69, 9.17) is 14.6 Å². The predicted molar refractivity (Wildman–Crippen MR) is 113 cm³/mol. The van der Waals surface area contributed by atoms with Gasteiger partial charge in [-0.2, -0.15) is 0 Å². The zero-order valence-electron chi connectivity index (χ0n) is 18.9. The minimum absolute atomic E-state index is 0.0538. The van der Waals surface area contributed by atoms with Gasteiger partial charge in [0.25, 0.3) is 0 Å². The van der Waals surface area contributed by atoms with Crippen LogP contribution in [-0.4, -0.2) is 41.7 Å². The van der Waals surface area contributed by atoms with Crippen LogP contribution in [-0.2, 0) is 28.7 Å². The summed E-state index contributed by atoms with van der Waals surface area (Å²) in [5, 5.41) is 18.8. The molecular formula is C23H39O8-. The Labute approximate surface area is 185 Å². The van der Waals surface area contributed by atoms with E-state index in [1.54, 1.807) is 6.92 Å². The molecule has 1 atom stereocenters. The van der Waals surface area contributed by atoms with Crippen molar-refractivity contribution in [1.82, 2.24) is 0 Å². The predicted octanol–water partition coefficient (Wildman–Crippen LogP) is 3.54. The molecule has 0 radical (unpaired) electrons. The zero-order valence-corrected chi connectivity index (χ0v) is 18.9. The van der Waals surface area contributed by atoms with Crippen LogP contribution >= 0.6 is 0 Å². The van der Waals surface area contributed by atoms with Crippen molar-refractivity contribution in [2.45, 2.75) is 116 Å². The average Bonchev–Trinajstić information content (AvgIpc) is 2.69. The average molecular weight is 444 g/mol. The lowest BCUT2D eigenvalue weighted by molar-refractivity contribution is -0.305. The number of aliphatic carboxylic acids is 2. The van der Waals surface area contributed by atoms with Gasteiger partial charge >= 0.3 is 17.9 Å². The van der Waals surface area contributed by atoms with Crippen LogP contribution in [0.5, 0.6) is 0 Å². The third-order valence-corrected chi connectivity index (χ3v) is 4.85. The first-order chi connectivity index (χ1) is 14.8. The number of carbonyl (C=O) groups is 4. The smallest absolute Gasteiger partial charge is 0.306 e. The van der Waals surface area contributed by atoms with E-state index in [-0.39, 0.29) is 31.4 Å². The van der Waals surface area contributed by atoms with E-state index in [1.165, 1.54) is 0 Å². The minimum atomic E-state index is -1.01. The summed E-state index contributed by atoms with van der Waals surface area (Å²) in [6.07, 6.45) is 10.7. The van der Waals surface area contributed by atoms with Crippen molar-refractivity contribution in [1.29, 1.82) is 0 Å². The first-order valence-corrected chi connectivity index (χ1v) is 11.6. The first kappa shape index (κ1) is 28.9. The zero-order chi connectivity index (χ0) is 23.3. The first-order valence-electron chi connectivity index (χ1n) is 11.6. The molecule has 0 bridgehead atoms. The van der Waals surface area contributed by atoms with Gasteiger partial charge in [-0.15, -0.1) is 0 Å². The molecule has 0 aliphatic carbocycles. The Morgan fingerprint density at radius 2 is 1.10 bits per heavy atom. The monoisotopic (exact) mass is 443 g/mol. The highest BCUT2D eigenvalue weighted by atomic mass is 16.6. The Kier molecular flexibility index (Phi) is 18.5. The number of carboxylic acid groups (broad SMARTS) is 2. The number of carbonyl (C=O) groups excluding carboxylic acids is 3. The van der Waals surface area contributed by atoms with Gasteiger partial charge in [-0.25, -0.2) is 0 Å². The molecule has 0 saturated carbocycles. The molecule has 0 fully saturated rings. The molecule has 0 saturated heterocycles. The van der Waals surface area contributed by atoms with Gasteiger partial charge < -0.3 is 24.5 Å². The van der Waals surface area contributed by atoms with Crippen molar-refractivity contribution in [2.24, 2.45) is 0 Å². The Morgan fingerprint density at radius 1 is 0.677 bits per heavy atom. The van der Waals surface area contributed by atoms with E-state index in [0.717, 1.165) is 64.2 Å². The highest BCUT2D eigenvalue weighted by molar-refractivity contribution is 5.70. The van der Waals surface area contributed by atoms with Crippen LogP contribution in [0.3, 0.4) is 0 Å². The lowest BCUT2D eigenvalue weighted by Gasteiger charge is -2.13. The lowest BCUT2D eigenvalue weighted by Crippen LogP contribution is -2.22. The Hall–Kier alpha value is -2.12. The molecule has 8 heteroatoms. The van der Waals surface area contributed by atoms with Crippen molar-refractivity contribution in [3.05, 3.63) is 0 Å². The standard InChI is InChI=1S/C23H40O8/c1-19(31-23(29)17-13-9-5-3-7-11-15-21(26)27)18-30-22(28)16-12-8-4-2-6-10-14-20(24)25/h19H,2-18H2,1H3,(H,24,25)(H,26,27)/p-1. The molecule has 8 nitrogen and oxygen atoms in total. The van der Waals surface area contributed by atoms with Crippen LogP contribution < -0.4 is 5.11 Å². The topological polar surface area (TPSA) is 130 Å². The van der Waals surface area contributed by atoms with Crippen molar-refractivity contribution in [3.63, 3.8) is 0 Å². The number of hydrogen-bond donors (Lipinski definition) is 1. The molecule has 180 valence electrons. The van der Waals surface area contributed by atoms with Crippen molar-refractivity contribution in [3.8, 4) is 0 Å². The van der Waals surface area contributed by atoms with Crippen LogP contribution in [0.25, 0.3) is 0 Å². The quantitative estimate of drug-likeness (QED) is 0.211. The highest BCUT2D eigenvalue weighted by Crippen LogP contribution is 2.11. The fourth-order valence-corrected chi connectivity index (χ4v) is 3.10. The van der Waals surface area contributed by atoms with E-state index >= 15 is 0 Å². The summed E-state index contributed by atoms with van der Waals surface area (Å²) in [4.78, 5) is 44.2. The Morgan fingerprint density at radius 3 is 1.58 bits per heavy atom. The number of rotatable bonds is 21. The van der Waals surface area contributed by atoms with Crippen LogP contribution in [0.1, 0.15) is 110 Å². The van der Waals surface area contributed by atoms with Gasteiger partial charge in [0.1, 0.15) is 12.7 Å². The molecule has 0 amide bonds. The summed E-state index contributed by atoms with van der Waals surface area (Å²) in [5.74, 6) is -2.37. The molecule has 0 aliphatic rings. The van der Waals surface area contributed by atoms with Crippen molar-refractivity contribution in [2.75, 3.05) is 6.61 Å². The summed E-state index contributed by atoms with van der Waals surface area (Å²) in [6.45, 7) is 1.75. The maximum absolute atomic E-state index is 11.8. The number of carboxylic acids is 2. The Bertz CT molecular complexity index is 518. The van der Waals surface area contributed by atoms with Gasteiger partial charge in [-0.3, -0.25) is 14.4 Å². The number of esters is 2. The molecule has 0 aliphatic heterocycles. The van der Waals surface area contributed by atoms with Gasteiger partial charge in [-0.1, -0.05) is 51.4 Å². The fraction of sp³-hybridized carbons (Fsp3) is 0.826. The highest BCUT2D eigenvalue weighted by Gasteiger charge is 2.12. The normalized spacial score (nSPS) is 11.6. The molecule has 1 N–H and O–H groups in total. The van der Waals surface area contributed by atoms with Crippen LogP contribution in [0, 0.1) is 0 Å².